The second kappa shape index (κ2) is 8.33. The first kappa shape index (κ1) is 18.9. The minimum atomic E-state index is 0.947. The van der Waals surface area contributed by atoms with E-state index in [1.807, 2.05) is 6.20 Å². The molecule has 1 aliphatic heterocycles. The monoisotopic (exact) mass is 396 g/mol. The molecule has 0 radical (unpaired) electrons. The molecule has 1 saturated heterocycles. The van der Waals surface area contributed by atoms with Crippen molar-refractivity contribution in [2.24, 2.45) is 0 Å². The summed E-state index contributed by atoms with van der Waals surface area (Å²) >= 11 is 0. The summed E-state index contributed by atoms with van der Waals surface area (Å²) in [6.07, 6.45) is 15.9. The van der Waals surface area contributed by atoms with E-state index < -0.39 is 0 Å². The molecule has 0 unspecified atom stereocenters. The van der Waals surface area contributed by atoms with Crippen molar-refractivity contribution in [1.29, 1.82) is 0 Å². The number of rotatable bonds is 4. The predicted octanol–water partition coefficient (Wildman–Crippen LogP) is 3.35. The number of allylic oxidation sites excluding steroid dienone is 6. The van der Waals surface area contributed by atoms with Gasteiger partial charge in [0, 0.05) is 54.7 Å². The number of nitrogens with one attached hydrogen (secondary N) is 1. The summed E-state index contributed by atoms with van der Waals surface area (Å²) in [7, 11) is 0. The molecular formula is C26H28N4. The highest BCUT2D eigenvalue weighted by Crippen LogP contribution is 2.22. The number of anilines is 3. The first-order chi connectivity index (χ1) is 14.8. The second-order valence-corrected chi connectivity index (χ2v) is 8.08. The van der Waals surface area contributed by atoms with Gasteiger partial charge in [-0.2, -0.15) is 0 Å². The first-order valence-corrected chi connectivity index (χ1v) is 10.9. The van der Waals surface area contributed by atoms with E-state index in [9.17, 15) is 0 Å². The fourth-order valence-electron chi connectivity index (χ4n) is 4.37. The van der Waals surface area contributed by atoms with Crippen LogP contribution in [0.1, 0.15) is 13.3 Å². The van der Waals surface area contributed by atoms with Crippen LogP contribution in [0.5, 0.6) is 0 Å². The molecule has 0 atom stereocenters. The summed E-state index contributed by atoms with van der Waals surface area (Å²) in [6, 6.07) is 10.9. The van der Waals surface area contributed by atoms with Crippen LogP contribution >= 0.6 is 0 Å². The van der Waals surface area contributed by atoms with Gasteiger partial charge >= 0.3 is 0 Å². The van der Waals surface area contributed by atoms with Gasteiger partial charge in [-0.1, -0.05) is 31.2 Å². The number of pyridine rings is 1. The number of hydrogen-bond donors (Lipinski definition) is 1. The number of nitrogens with zero attached hydrogens (tertiary/aromatic N) is 3. The summed E-state index contributed by atoms with van der Waals surface area (Å²) in [5.41, 5.74) is 6.10. The normalized spacial score (nSPS) is 18.2. The average Bonchev–Trinajstić information content (AvgIpc) is 3.12. The minimum absolute atomic E-state index is 0.947. The number of hydrogen-bond acceptors (Lipinski definition) is 4. The van der Waals surface area contributed by atoms with E-state index in [1.165, 1.54) is 16.8 Å². The third-order valence-corrected chi connectivity index (χ3v) is 6.14. The second-order valence-electron chi connectivity index (χ2n) is 8.08. The van der Waals surface area contributed by atoms with Crippen LogP contribution < -0.4 is 20.8 Å². The highest BCUT2D eigenvalue weighted by atomic mass is 15.3. The lowest BCUT2D eigenvalue weighted by Crippen LogP contribution is -2.46. The highest BCUT2D eigenvalue weighted by Gasteiger charge is 2.15. The molecule has 1 fully saturated rings. The maximum absolute atomic E-state index is 4.63. The van der Waals surface area contributed by atoms with Gasteiger partial charge in [-0.05, 0) is 66.6 Å². The Kier molecular flexibility index (Phi) is 5.24. The van der Waals surface area contributed by atoms with Crippen molar-refractivity contribution in [3.63, 3.8) is 0 Å². The molecule has 0 amide bonds. The van der Waals surface area contributed by atoms with Gasteiger partial charge in [-0.25, -0.2) is 0 Å². The molecule has 2 bridgehead atoms. The summed E-state index contributed by atoms with van der Waals surface area (Å²) in [5.74, 6) is 0. The van der Waals surface area contributed by atoms with Crippen LogP contribution in [0.25, 0.3) is 12.2 Å². The summed E-state index contributed by atoms with van der Waals surface area (Å²) in [5, 5.41) is 5.80. The Hall–Kier alpha value is -3.11. The highest BCUT2D eigenvalue weighted by molar-refractivity contribution is 5.69. The van der Waals surface area contributed by atoms with Crippen molar-refractivity contribution in [3.05, 3.63) is 82.5 Å². The Morgan fingerprint density at radius 1 is 0.900 bits per heavy atom. The Labute approximate surface area is 178 Å². The zero-order valence-electron chi connectivity index (χ0n) is 17.5. The van der Waals surface area contributed by atoms with Crippen molar-refractivity contribution >= 4 is 29.2 Å². The fourth-order valence-corrected chi connectivity index (χ4v) is 4.37. The van der Waals surface area contributed by atoms with Gasteiger partial charge in [0.05, 0.1) is 5.35 Å². The van der Waals surface area contributed by atoms with Crippen LogP contribution in [0.15, 0.2) is 72.0 Å². The van der Waals surface area contributed by atoms with Crippen molar-refractivity contribution in [2.75, 3.05) is 42.9 Å². The molecule has 2 heterocycles. The SMILES string of the molecule is CCN1CCN(c2ccc(Nc3ccnc4c3=CC3=CC=CC=C(C=4)C3)cc2)CC1. The molecule has 30 heavy (non-hydrogen) atoms. The molecule has 2 aromatic rings. The molecule has 3 aliphatic rings. The van der Waals surface area contributed by atoms with Crippen molar-refractivity contribution in [1.82, 2.24) is 9.88 Å². The lowest BCUT2D eigenvalue weighted by molar-refractivity contribution is 0.271. The number of benzene rings is 1. The van der Waals surface area contributed by atoms with Crippen LogP contribution in [-0.2, 0) is 0 Å². The van der Waals surface area contributed by atoms with Crippen molar-refractivity contribution < 1.29 is 0 Å². The topological polar surface area (TPSA) is 31.4 Å². The number of fused-ring (bicyclic) bond motifs is 3. The third-order valence-electron chi connectivity index (χ3n) is 6.14. The quantitative estimate of drug-likeness (QED) is 0.859. The molecule has 2 aliphatic carbocycles. The molecular weight excluding hydrogens is 368 g/mol. The Bertz CT molecular complexity index is 1130. The van der Waals surface area contributed by atoms with Gasteiger partial charge in [-0.15, -0.1) is 0 Å². The van der Waals surface area contributed by atoms with E-state index in [-0.39, 0.29) is 0 Å². The molecule has 1 aromatic heterocycles. The van der Waals surface area contributed by atoms with Crippen LogP contribution in [-0.4, -0.2) is 42.6 Å². The number of likely N-dealkylation sites (N-methyl/N-ethyl adjacent to an activating group) is 1. The maximum atomic E-state index is 4.63. The van der Waals surface area contributed by atoms with E-state index in [2.05, 4.69) is 93.8 Å². The third kappa shape index (κ3) is 3.96. The van der Waals surface area contributed by atoms with Gasteiger partial charge in [0.2, 0.25) is 0 Å². The standard InChI is InChI=1S/C26H28N4/c1-2-29-13-15-30(16-14-29)23-9-7-22(8-10-23)28-25-11-12-27-26-19-21-6-4-3-5-20(17-21)18-24(25)26/h3-12,18-19H,2,13-17H2,1H3,(H,27,28). The van der Waals surface area contributed by atoms with Crippen LogP contribution in [0, 0.1) is 0 Å². The molecule has 1 aromatic carbocycles. The summed E-state index contributed by atoms with van der Waals surface area (Å²) in [4.78, 5) is 9.62. The zero-order valence-corrected chi connectivity index (χ0v) is 17.5. The first-order valence-electron chi connectivity index (χ1n) is 10.9. The van der Waals surface area contributed by atoms with E-state index >= 15 is 0 Å². The van der Waals surface area contributed by atoms with Gasteiger partial charge < -0.3 is 15.1 Å². The lowest BCUT2D eigenvalue weighted by Gasteiger charge is -2.35. The van der Waals surface area contributed by atoms with Crippen molar-refractivity contribution in [3.8, 4) is 0 Å². The smallest absolute Gasteiger partial charge is 0.0725 e. The van der Waals surface area contributed by atoms with Crippen LogP contribution in [0.3, 0.4) is 0 Å². The zero-order chi connectivity index (χ0) is 20.3. The largest absolute Gasteiger partial charge is 0.369 e. The van der Waals surface area contributed by atoms with Gasteiger partial charge in [0.1, 0.15) is 0 Å². The fraction of sp³-hybridized carbons (Fsp3) is 0.269. The Morgan fingerprint density at radius 2 is 1.63 bits per heavy atom. The minimum Gasteiger partial charge on any atom is -0.369 e. The molecule has 0 spiro atoms. The molecule has 4 nitrogen and oxygen atoms in total. The molecule has 4 heteroatoms. The molecule has 0 saturated carbocycles. The molecule has 1 N–H and O–H groups in total. The summed E-state index contributed by atoms with van der Waals surface area (Å²) < 4.78 is 0. The van der Waals surface area contributed by atoms with Gasteiger partial charge in [-0.3, -0.25) is 4.98 Å². The Balaban J connectivity index is 1.40. The van der Waals surface area contributed by atoms with E-state index in [0.29, 0.717) is 0 Å². The van der Waals surface area contributed by atoms with Gasteiger partial charge in [0.15, 0.2) is 0 Å². The van der Waals surface area contributed by atoms with Crippen molar-refractivity contribution in [2.45, 2.75) is 13.3 Å². The summed E-state index contributed by atoms with van der Waals surface area (Å²) in [6.45, 7) is 7.88. The average molecular weight is 397 g/mol. The van der Waals surface area contributed by atoms with E-state index in [1.54, 1.807) is 0 Å². The van der Waals surface area contributed by atoms with Crippen LogP contribution in [0.4, 0.5) is 17.1 Å². The number of piperazine rings is 1. The molecule has 152 valence electrons. The van der Waals surface area contributed by atoms with Gasteiger partial charge in [0.25, 0.3) is 0 Å². The number of aromatic nitrogens is 1. The molecule has 5 rings (SSSR count). The predicted molar refractivity (Wildman–Crippen MR) is 126 cm³/mol. The maximum Gasteiger partial charge on any atom is 0.0725 e. The van der Waals surface area contributed by atoms with E-state index in [0.717, 1.165) is 61.1 Å². The Morgan fingerprint density at radius 3 is 2.37 bits per heavy atom. The van der Waals surface area contributed by atoms with Crippen LogP contribution in [0.2, 0.25) is 0 Å². The lowest BCUT2D eigenvalue weighted by atomic mass is 10.1. The van der Waals surface area contributed by atoms with E-state index in [4.69, 9.17) is 0 Å².